The number of carbonyl (C=O) groups excluding carboxylic acids is 1. The Labute approximate surface area is 79.6 Å². The minimum atomic E-state index is -0.391. The predicted molar refractivity (Wildman–Crippen MR) is 54.3 cm³/mol. The minimum absolute atomic E-state index is 0.299. The zero-order valence-corrected chi connectivity index (χ0v) is 8.19. The highest BCUT2D eigenvalue weighted by atomic mass is 16.5. The maximum Gasteiger partial charge on any atom is 0.330 e. The quantitative estimate of drug-likeness (QED) is 0.369. The van der Waals surface area contributed by atoms with Crippen molar-refractivity contribution in [2.75, 3.05) is 6.61 Å². The molecular weight excluding hydrogens is 164 g/mol. The summed E-state index contributed by atoms with van der Waals surface area (Å²) in [5.41, 5.74) is 0. The van der Waals surface area contributed by atoms with E-state index >= 15 is 0 Å². The van der Waals surface area contributed by atoms with Gasteiger partial charge in [0.25, 0.3) is 0 Å². The van der Waals surface area contributed by atoms with Gasteiger partial charge in [0.1, 0.15) is 6.61 Å². The van der Waals surface area contributed by atoms with Crippen molar-refractivity contribution in [3.05, 3.63) is 37.0 Å². The van der Waals surface area contributed by atoms with Crippen molar-refractivity contribution in [3.63, 3.8) is 0 Å². The van der Waals surface area contributed by atoms with Crippen molar-refractivity contribution in [2.45, 2.75) is 13.8 Å². The van der Waals surface area contributed by atoms with Crippen LogP contribution >= 0.6 is 0 Å². The van der Waals surface area contributed by atoms with E-state index in [9.17, 15) is 4.79 Å². The molecule has 0 aliphatic rings. The van der Waals surface area contributed by atoms with Crippen molar-refractivity contribution in [1.82, 2.24) is 0 Å². The number of hydrogen-bond donors (Lipinski definition) is 0. The molecule has 0 bridgehead atoms. The van der Waals surface area contributed by atoms with Crippen LogP contribution in [0, 0.1) is 5.92 Å². The lowest BCUT2D eigenvalue weighted by Crippen LogP contribution is -1.98. The topological polar surface area (TPSA) is 26.3 Å². The van der Waals surface area contributed by atoms with Crippen molar-refractivity contribution in [1.29, 1.82) is 0 Å². The van der Waals surface area contributed by atoms with Gasteiger partial charge < -0.3 is 4.74 Å². The zero-order valence-electron chi connectivity index (χ0n) is 8.19. The Bertz CT molecular complexity index is 212. The summed E-state index contributed by atoms with van der Waals surface area (Å²) in [6, 6.07) is 0. The van der Waals surface area contributed by atoms with Crippen LogP contribution in [-0.2, 0) is 9.53 Å². The highest BCUT2D eigenvalue weighted by Gasteiger charge is 1.89. The van der Waals surface area contributed by atoms with Gasteiger partial charge in [-0.1, -0.05) is 38.7 Å². The fourth-order valence-corrected chi connectivity index (χ4v) is 0.610. The number of hydrogen-bond acceptors (Lipinski definition) is 2. The standard InChI is InChI=1S/C11H16O2/c1-4-11(12)13-9-7-5-6-8-10(2)3/h4-8,10H,1,9H2,2-3H3/b7-5+,8-6+. The molecule has 0 aromatic rings. The Morgan fingerprint density at radius 1 is 1.46 bits per heavy atom. The number of allylic oxidation sites excluding steroid dienone is 3. The van der Waals surface area contributed by atoms with Crippen LogP contribution in [0.15, 0.2) is 37.0 Å². The summed E-state index contributed by atoms with van der Waals surface area (Å²) in [6.07, 6.45) is 8.78. The molecule has 0 saturated carbocycles. The number of rotatable bonds is 5. The maximum absolute atomic E-state index is 10.6. The molecule has 0 atom stereocenters. The maximum atomic E-state index is 10.6. The van der Waals surface area contributed by atoms with Crippen LogP contribution < -0.4 is 0 Å². The van der Waals surface area contributed by atoms with Crippen LogP contribution in [-0.4, -0.2) is 12.6 Å². The normalized spacial score (nSPS) is 11.3. The molecular formula is C11H16O2. The molecule has 0 saturated heterocycles. The molecule has 0 aliphatic heterocycles. The van der Waals surface area contributed by atoms with Crippen LogP contribution in [0.4, 0.5) is 0 Å². The van der Waals surface area contributed by atoms with Crippen molar-refractivity contribution in [2.24, 2.45) is 5.92 Å². The van der Waals surface area contributed by atoms with Crippen molar-refractivity contribution < 1.29 is 9.53 Å². The lowest BCUT2D eigenvalue weighted by Gasteiger charge is -1.94. The minimum Gasteiger partial charge on any atom is -0.458 e. The lowest BCUT2D eigenvalue weighted by molar-refractivity contribution is -0.136. The first-order chi connectivity index (χ1) is 6.16. The SMILES string of the molecule is C=CC(=O)OC/C=C/C=C/C(C)C. The number of ether oxygens (including phenoxy) is 1. The van der Waals surface area contributed by atoms with E-state index in [4.69, 9.17) is 4.74 Å². The van der Waals surface area contributed by atoms with E-state index in [1.165, 1.54) is 0 Å². The van der Waals surface area contributed by atoms with Crippen molar-refractivity contribution in [3.8, 4) is 0 Å². The molecule has 2 heteroatoms. The zero-order chi connectivity index (χ0) is 10.1. The largest absolute Gasteiger partial charge is 0.458 e. The van der Waals surface area contributed by atoms with Gasteiger partial charge in [-0.25, -0.2) is 4.79 Å². The van der Waals surface area contributed by atoms with E-state index in [-0.39, 0.29) is 0 Å². The second-order valence-electron chi connectivity index (χ2n) is 2.89. The molecule has 0 heterocycles. The first kappa shape index (κ1) is 11.7. The molecule has 0 aliphatic carbocycles. The second-order valence-corrected chi connectivity index (χ2v) is 2.89. The third-order valence-electron chi connectivity index (χ3n) is 1.23. The van der Waals surface area contributed by atoms with E-state index in [0.717, 1.165) is 6.08 Å². The smallest absolute Gasteiger partial charge is 0.330 e. The third kappa shape index (κ3) is 8.60. The van der Waals surface area contributed by atoms with Crippen LogP contribution in [0.25, 0.3) is 0 Å². The van der Waals surface area contributed by atoms with Gasteiger partial charge in [0.05, 0.1) is 0 Å². The van der Waals surface area contributed by atoms with Gasteiger partial charge in [0.15, 0.2) is 0 Å². The Morgan fingerprint density at radius 2 is 2.15 bits per heavy atom. The third-order valence-corrected chi connectivity index (χ3v) is 1.23. The monoisotopic (exact) mass is 180 g/mol. The molecule has 13 heavy (non-hydrogen) atoms. The Hall–Kier alpha value is -1.31. The Morgan fingerprint density at radius 3 is 2.69 bits per heavy atom. The summed E-state index contributed by atoms with van der Waals surface area (Å²) in [6.45, 7) is 7.78. The molecule has 0 N–H and O–H groups in total. The summed E-state index contributed by atoms with van der Waals surface area (Å²) in [5.74, 6) is 0.151. The molecule has 0 spiro atoms. The first-order valence-electron chi connectivity index (χ1n) is 4.29. The summed E-state index contributed by atoms with van der Waals surface area (Å²) < 4.78 is 4.72. The van der Waals surface area contributed by atoms with Gasteiger partial charge in [-0.05, 0) is 12.0 Å². The molecule has 0 amide bonds. The van der Waals surface area contributed by atoms with Crippen LogP contribution in [0.5, 0.6) is 0 Å². The molecule has 72 valence electrons. The average Bonchev–Trinajstić information content (AvgIpc) is 2.10. The first-order valence-corrected chi connectivity index (χ1v) is 4.29. The summed E-state index contributed by atoms with van der Waals surface area (Å²) >= 11 is 0. The average molecular weight is 180 g/mol. The van der Waals surface area contributed by atoms with Crippen LogP contribution in [0.2, 0.25) is 0 Å². The molecule has 0 fully saturated rings. The number of esters is 1. The predicted octanol–water partition coefficient (Wildman–Crippen LogP) is 2.48. The van der Waals surface area contributed by atoms with E-state index in [1.54, 1.807) is 6.08 Å². The highest BCUT2D eigenvalue weighted by Crippen LogP contribution is 1.93. The summed E-state index contributed by atoms with van der Waals surface area (Å²) in [7, 11) is 0. The Balaban J connectivity index is 3.53. The second kappa shape index (κ2) is 7.35. The molecule has 0 aromatic heterocycles. The molecule has 0 radical (unpaired) electrons. The highest BCUT2D eigenvalue weighted by molar-refractivity contribution is 5.81. The molecule has 2 nitrogen and oxygen atoms in total. The number of carbonyl (C=O) groups is 1. The molecule has 0 aromatic carbocycles. The van der Waals surface area contributed by atoms with E-state index in [0.29, 0.717) is 12.5 Å². The van der Waals surface area contributed by atoms with Gasteiger partial charge in [-0.2, -0.15) is 0 Å². The van der Waals surface area contributed by atoms with E-state index < -0.39 is 5.97 Å². The molecule has 0 unspecified atom stereocenters. The molecule has 0 rings (SSSR count). The van der Waals surface area contributed by atoms with Gasteiger partial charge in [-0.3, -0.25) is 0 Å². The van der Waals surface area contributed by atoms with E-state index in [2.05, 4.69) is 26.5 Å². The fraction of sp³-hybridized carbons (Fsp3) is 0.364. The van der Waals surface area contributed by atoms with Gasteiger partial charge in [0, 0.05) is 6.08 Å². The van der Waals surface area contributed by atoms with Crippen LogP contribution in [0.3, 0.4) is 0 Å². The lowest BCUT2D eigenvalue weighted by atomic mass is 10.2. The van der Waals surface area contributed by atoms with Gasteiger partial charge in [-0.15, -0.1) is 0 Å². The van der Waals surface area contributed by atoms with Crippen LogP contribution in [0.1, 0.15) is 13.8 Å². The fourth-order valence-electron chi connectivity index (χ4n) is 0.610. The van der Waals surface area contributed by atoms with Gasteiger partial charge >= 0.3 is 5.97 Å². The Kier molecular flexibility index (Phi) is 6.60. The van der Waals surface area contributed by atoms with Gasteiger partial charge in [0.2, 0.25) is 0 Å². The summed E-state index contributed by atoms with van der Waals surface area (Å²) in [5, 5.41) is 0. The van der Waals surface area contributed by atoms with E-state index in [1.807, 2.05) is 12.2 Å². The van der Waals surface area contributed by atoms with Crippen molar-refractivity contribution >= 4 is 5.97 Å². The summed E-state index contributed by atoms with van der Waals surface area (Å²) in [4.78, 5) is 10.6.